The molecule has 1 fully saturated rings. The molecule has 1 heterocycles. The summed E-state index contributed by atoms with van der Waals surface area (Å²) in [5.74, 6) is 1.59. The Labute approximate surface area is 105 Å². The van der Waals surface area contributed by atoms with Gasteiger partial charge in [-0.25, -0.2) is 0 Å². The maximum absolute atomic E-state index is 11.1. The molecule has 98 valence electrons. The predicted octanol–water partition coefficient (Wildman–Crippen LogP) is 3.01. The highest BCUT2D eigenvalue weighted by Crippen LogP contribution is 2.20. The molecule has 0 aromatic carbocycles. The van der Waals surface area contributed by atoms with E-state index in [-0.39, 0.29) is 5.91 Å². The van der Waals surface area contributed by atoms with Crippen LogP contribution in [0.2, 0.25) is 0 Å². The smallest absolute Gasteiger partial charge is 0.220 e. The van der Waals surface area contributed by atoms with Crippen LogP contribution in [-0.4, -0.2) is 18.6 Å². The van der Waals surface area contributed by atoms with Crippen LogP contribution in [-0.2, 0) is 9.53 Å². The van der Waals surface area contributed by atoms with E-state index in [1.54, 1.807) is 0 Å². The number of carbonyl (C=O) groups excluding carboxylic acids is 1. The first-order valence-corrected chi connectivity index (χ1v) is 6.75. The topological polar surface area (TPSA) is 38.3 Å². The van der Waals surface area contributed by atoms with Crippen LogP contribution in [0.1, 0.15) is 52.4 Å². The number of rotatable bonds is 8. The number of hydrogen-bond acceptors (Lipinski definition) is 2. The van der Waals surface area contributed by atoms with Crippen molar-refractivity contribution in [1.82, 2.24) is 5.32 Å². The second-order valence-corrected chi connectivity index (χ2v) is 4.90. The molecule has 1 aliphatic rings. The summed E-state index contributed by atoms with van der Waals surface area (Å²) in [6, 6.07) is 0.359. The largest absolute Gasteiger partial charge is 0.498 e. The molecular formula is C14H25NO2. The summed E-state index contributed by atoms with van der Waals surface area (Å²) in [7, 11) is 0. The van der Waals surface area contributed by atoms with Gasteiger partial charge in [-0.1, -0.05) is 26.8 Å². The average molecular weight is 239 g/mol. The Morgan fingerprint density at radius 3 is 2.88 bits per heavy atom. The van der Waals surface area contributed by atoms with Crippen LogP contribution in [0.25, 0.3) is 0 Å². The highest BCUT2D eigenvalue weighted by Gasteiger charge is 2.24. The maximum atomic E-state index is 11.1. The number of allylic oxidation sites excluding steroid dienone is 1. The van der Waals surface area contributed by atoms with Crippen LogP contribution >= 0.6 is 0 Å². The molecule has 3 nitrogen and oxygen atoms in total. The molecule has 0 saturated carbocycles. The van der Waals surface area contributed by atoms with Gasteiger partial charge in [-0.2, -0.15) is 0 Å². The number of carbonyl (C=O) groups is 1. The van der Waals surface area contributed by atoms with Crippen molar-refractivity contribution in [3.8, 4) is 0 Å². The zero-order valence-electron chi connectivity index (χ0n) is 11.1. The van der Waals surface area contributed by atoms with Crippen molar-refractivity contribution in [2.75, 3.05) is 6.61 Å². The monoisotopic (exact) mass is 239 g/mol. The van der Waals surface area contributed by atoms with Crippen LogP contribution in [0.15, 0.2) is 12.3 Å². The third kappa shape index (κ3) is 5.24. The highest BCUT2D eigenvalue weighted by atomic mass is 16.5. The summed E-state index contributed by atoms with van der Waals surface area (Å²) in [5, 5.41) is 3.03. The lowest BCUT2D eigenvalue weighted by Gasteiger charge is -2.21. The summed E-state index contributed by atoms with van der Waals surface area (Å²) in [5.41, 5.74) is 0. The SMILES string of the molecule is C=C(CC)OCC(CCC)CC1CCC(=O)N1. The van der Waals surface area contributed by atoms with Gasteiger partial charge in [-0.3, -0.25) is 4.79 Å². The Morgan fingerprint density at radius 1 is 1.59 bits per heavy atom. The molecule has 1 amide bonds. The molecule has 1 N–H and O–H groups in total. The first-order valence-electron chi connectivity index (χ1n) is 6.75. The van der Waals surface area contributed by atoms with E-state index < -0.39 is 0 Å². The van der Waals surface area contributed by atoms with Crippen molar-refractivity contribution in [2.45, 2.75) is 58.4 Å². The van der Waals surface area contributed by atoms with E-state index in [2.05, 4.69) is 18.8 Å². The second-order valence-electron chi connectivity index (χ2n) is 4.90. The zero-order valence-corrected chi connectivity index (χ0v) is 11.1. The fourth-order valence-corrected chi connectivity index (χ4v) is 2.27. The third-order valence-corrected chi connectivity index (χ3v) is 3.32. The van der Waals surface area contributed by atoms with Gasteiger partial charge < -0.3 is 10.1 Å². The van der Waals surface area contributed by atoms with Gasteiger partial charge >= 0.3 is 0 Å². The molecular weight excluding hydrogens is 214 g/mol. The minimum absolute atomic E-state index is 0.198. The number of amides is 1. The summed E-state index contributed by atoms with van der Waals surface area (Å²) in [6.07, 6.45) is 5.89. The molecule has 0 bridgehead atoms. The molecule has 0 aromatic rings. The first kappa shape index (κ1) is 14.1. The van der Waals surface area contributed by atoms with E-state index in [0.717, 1.165) is 44.5 Å². The van der Waals surface area contributed by atoms with Crippen molar-refractivity contribution in [2.24, 2.45) is 5.92 Å². The Hall–Kier alpha value is -0.990. The van der Waals surface area contributed by atoms with Crippen molar-refractivity contribution in [3.05, 3.63) is 12.3 Å². The molecule has 1 saturated heterocycles. The minimum atomic E-state index is 0.198. The lowest BCUT2D eigenvalue weighted by molar-refractivity contribution is -0.119. The van der Waals surface area contributed by atoms with Crippen LogP contribution in [0, 0.1) is 5.92 Å². The Balaban J connectivity index is 2.31. The van der Waals surface area contributed by atoms with Crippen molar-refractivity contribution < 1.29 is 9.53 Å². The lowest BCUT2D eigenvalue weighted by Crippen LogP contribution is -2.28. The fraction of sp³-hybridized carbons (Fsp3) is 0.786. The number of nitrogens with one attached hydrogen (secondary N) is 1. The van der Waals surface area contributed by atoms with Gasteiger partial charge in [0.05, 0.1) is 12.4 Å². The lowest BCUT2D eigenvalue weighted by atomic mass is 9.95. The molecule has 2 unspecified atom stereocenters. The van der Waals surface area contributed by atoms with Gasteiger partial charge in [0.25, 0.3) is 0 Å². The summed E-state index contributed by atoms with van der Waals surface area (Å²) in [4.78, 5) is 11.1. The van der Waals surface area contributed by atoms with Gasteiger partial charge in [-0.05, 0) is 25.2 Å². The average Bonchev–Trinajstić information content (AvgIpc) is 2.71. The summed E-state index contributed by atoms with van der Waals surface area (Å²) < 4.78 is 5.64. The van der Waals surface area contributed by atoms with Crippen molar-refractivity contribution >= 4 is 5.91 Å². The molecule has 0 spiro atoms. The standard InChI is InChI=1S/C14H25NO2/c1-4-6-12(10-17-11(3)5-2)9-13-7-8-14(16)15-13/h12-13H,3-10H2,1-2H3,(H,15,16). The van der Waals surface area contributed by atoms with Gasteiger partial charge in [0.1, 0.15) is 0 Å². The number of ether oxygens (including phenoxy) is 1. The van der Waals surface area contributed by atoms with E-state index in [0.29, 0.717) is 18.4 Å². The van der Waals surface area contributed by atoms with Gasteiger partial charge in [-0.15, -0.1) is 0 Å². The van der Waals surface area contributed by atoms with E-state index in [1.807, 2.05) is 6.92 Å². The predicted molar refractivity (Wildman–Crippen MR) is 69.6 cm³/mol. The third-order valence-electron chi connectivity index (χ3n) is 3.32. The van der Waals surface area contributed by atoms with Crippen LogP contribution < -0.4 is 5.32 Å². The molecule has 0 aliphatic carbocycles. The Bertz CT molecular complexity index is 263. The van der Waals surface area contributed by atoms with Gasteiger partial charge in [0.15, 0.2) is 0 Å². The van der Waals surface area contributed by atoms with Crippen LogP contribution in [0.4, 0.5) is 0 Å². The Morgan fingerprint density at radius 2 is 2.35 bits per heavy atom. The quantitative estimate of drug-likeness (QED) is 0.661. The normalized spacial score (nSPS) is 21.1. The van der Waals surface area contributed by atoms with Crippen molar-refractivity contribution in [1.29, 1.82) is 0 Å². The Kier molecular flexibility index (Phi) is 6.09. The molecule has 3 heteroatoms. The van der Waals surface area contributed by atoms with E-state index in [4.69, 9.17) is 4.74 Å². The molecule has 0 aromatic heterocycles. The summed E-state index contributed by atoms with van der Waals surface area (Å²) in [6.45, 7) is 8.84. The van der Waals surface area contributed by atoms with E-state index >= 15 is 0 Å². The summed E-state index contributed by atoms with van der Waals surface area (Å²) >= 11 is 0. The molecule has 2 atom stereocenters. The number of hydrogen-bond donors (Lipinski definition) is 1. The molecule has 1 rings (SSSR count). The van der Waals surface area contributed by atoms with Crippen molar-refractivity contribution in [3.63, 3.8) is 0 Å². The highest BCUT2D eigenvalue weighted by molar-refractivity contribution is 5.78. The molecule has 0 radical (unpaired) electrons. The van der Waals surface area contributed by atoms with Crippen LogP contribution in [0.5, 0.6) is 0 Å². The molecule has 17 heavy (non-hydrogen) atoms. The second kappa shape index (κ2) is 7.36. The fourth-order valence-electron chi connectivity index (χ4n) is 2.27. The maximum Gasteiger partial charge on any atom is 0.220 e. The molecule has 1 aliphatic heterocycles. The van der Waals surface area contributed by atoms with Crippen LogP contribution in [0.3, 0.4) is 0 Å². The first-order chi connectivity index (χ1) is 8.15. The van der Waals surface area contributed by atoms with Gasteiger partial charge in [0.2, 0.25) is 5.91 Å². The van der Waals surface area contributed by atoms with E-state index in [9.17, 15) is 4.79 Å². The minimum Gasteiger partial charge on any atom is -0.498 e. The van der Waals surface area contributed by atoms with Gasteiger partial charge in [0, 0.05) is 18.9 Å². The van der Waals surface area contributed by atoms with E-state index in [1.165, 1.54) is 0 Å². The zero-order chi connectivity index (χ0) is 12.7.